The third-order valence-corrected chi connectivity index (χ3v) is 3.54. The molecular formula is C18H14N4O. The van der Waals surface area contributed by atoms with Gasteiger partial charge in [-0.2, -0.15) is 10.1 Å². The second kappa shape index (κ2) is 5.88. The quantitative estimate of drug-likeness (QED) is 0.625. The molecule has 0 fully saturated rings. The lowest BCUT2D eigenvalue weighted by atomic mass is 10.1. The molecule has 2 aromatic carbocycles. The minimum Gasteiger partial charge on any atom is -0.459 e. The van der Waals surface area contributed by atoms with Gasteiger partial charge in [-0.25, -0.2) is 4.98 Å². The molecule has 112 valence electrons. The van der Waals surface area contributed by atoms with Crippen LogP contribution in [0, 0.1) is 0 Å². The van der Waals surface area contributed by atoms with E-state index in [9.17, 15) is 0 Å². The lowest BCUT2D eigenvalue weighted by molar-refractivity contribution is 0.282. The average molecular weight is 302 g/mol. The van der Waals surface area contributed by atoms with Crippen molar-refractivity contribution in [3.8, 4) is 17.3 Å². The van der Waals surface area contributed by atoms with Gasteiger partial charge in [-0.05, 0) is 5.56 Å². The fourth-order valence-electron chi connectivity index (χ4n) is 2.39. The summed E-state index contributed by atoms with van der Waals surface area (Å²) in [6.07, 6.45) is 1.70. The first kappa shape index (κ1) is 13.5. The zero-order valence-electron chi connectivity index (χ0n) is 12.3. The molecular weight excluding hydrogens is 288 g/mol. The highest BCUT2D eigenvalue weighted by Crippen LogP contribution is 2.25. The maximum Gasteiger partial charge on any atom is 0.317 e. The average Bonchev–Trinajstić information content (AvgIpc) is 3.05. The molecule has 0 spiro atoms. The van der Waals surface area contributed by atoms with Crippen LogP contribution >= 0.6 is 0 Å². The van der Waals surface area contributed by atoms with E-state index in [-0.39, 0.29) is 0 Å². The number of benzene rings is 2. The summed E-state index contributed by atoms with van der Waals surface area (Å²) < 4.78 is 5.70. The molecule has 0 amide bonds. The number of aromatic nitrogens is 4. The van der Waals surface area contributed by atoms with Crippen LogP contribution < -0.4 is 4.74 Å². The fraction of sp³-hybridized carbons (Fsp3) is 0.0556. The molecule has 23 heavy (non-hydrogen) atoms. The van der Waals surface area contributed by atoms with Crippen molar-refractivity contribution in [1.82, 2.24) is 20.2 Å². The molecule has 4 aromatic rings. The van der Waals surface area contributed by atoms with Gasteiger partial charge in [-0.3, -0.25) is 5.10 Å². The maximum absolute atomic E-state index is 5.70. The molecule has 0 saturated heterocycles. The van der Waals surface area contributed by atoms with Crippen LogP contribution in [0.3, 0.4) is 0 Å². The number of nitrogens with one attached hydrogen (secondary N) is 1. The SMILES string of the molecule is c1ccc(COc2ncc3[nH]nc(-c4ccccc4)c3n2)cc1. The molecule has 0 aliphatic carbocycles. The highest BCUT2D eigenvalue weighted by molar-refractivity contribution is 5.89. The first-order chi connectivity index (χ1) is 11.4. The molecule has 0 radical (unpaired) electrons. The normalized spacial score (nSPS) is 10.8. The zero-order valence-corrected chi connectivity index (χ0v) is 12.3. The number of aromatic amines is 1. The third-order valence-electron chi connectivity index (χ3n) is 3.54. The van der Waals surface area contributed by atoms with Gasteiger partial charge in [0.1, 0.15) is 23.3 Å². The van der Waals surface area contributed by atoms with Crippen LogP contribution in [0.4, 0.5) is 0 Å². The minimum atomic E-state index is 0.347. The zero-order chi connectivity index (χ0) is 15.5. The van der Waals surface area contributed by atoms with E-state index in [2.05, 4.69) is 20.2 Å². The minimum absolute atomic E-state index is 0.347. The Hall–Kier alpha value is -3.21. The van der Waals surface area contributed by atoms with Gasteiger partial charge in [-0.1, -0.05) is 60.7 Å². The summed E-state index contributed by atoms with van der Waals surface area (Å²) in [7, 11) is 0. The molecule has 5 heteroatoms. The van der Waals surface area contributed by atoms with Crippen LogP contribution in [0.1, 0.15) is 5.56 Å². The van der Waals surface area contributed by atoms with E-state index in [1.54, 1.807) is 6.20 Å². The first-order valence-electron chi connectivity index (χ1n) is 7.33. The Kier molecular flexibility index (Phi) is 3.44. The molecule has 0 unspecified atom stereocenters. The van der Waals surface area contributed by atoms with Gasteiger partial charge >= 0.3 is 6.01 Å². The van der Waals surface area contributed by atoms with E-state index in [0.29, 0.717) is 12.6 Å². The first-order valence-corrected chi connectivity index (χ1v) is 7.33. The summed E-state index contributed by atoms with van der Waals surface area (Å²) in [5, 5.41) is 7.30. The number of H-pyrrole nitrogens is 1. The summed E-state index contributed by atoms with van der Waals surface area (Å²) in [6.45, 7) is 0.435. The second-order valence-electron chi connectivity index (χ2n) is 5.13. The van der Waals surface area contributed by atoms with Crippen molar-refractivity contribution in [2.75, 3.05) is 0 Å². The highest BCUT2D eigenvalue weighted by atomic mass is 16.5. The van der Waals surface area contributed by atoms with Crippen LogP contribution in [0.5, 0.6) is 6.01 Å². The molecule has 0 bridgehead atoms. The molecule has 5 nitrogen and oxygen atoms in total. The third kappa shape index (κ3) is 2.76. The fourth-order valence-corrected chi connectivity index (χ4v) is 2.39. The number of hydrogen-bond acceptors (Lipinski definition) is 4. The standard InChI is InChI=1S/C18H14N4O/c1-3-7-13(8-4-1)12-23-18-19-11-15-17(20-18)16(22-21-15)14-9-5-2-6-10-14/h1-11H,12H2,(H,21,22). The van der Waals surface area contributed by atoms with Crippen LogP contribution in [-0.2, 0) is 6.61 Å². The van der Waals surface area contributed by atoms with Crippen molar-refractivity contribution >= 4 is 11.0 Å². The van der Waals surface area contributed by atoms with Crippen molar-refractivity contribution in [1.29, 1.82) is 0 Å². The molecule has 1 N–H and O–H groups in total. The van der Waals surface area contributed by atoms with E-state index >= 15 is 0 Å². The van der Waals surface area contributed by atoms with E-state index in [1.165, 1.54) is 0 Å². The summed E-state index contributed by atoms with van der Waals surface area (Å²) >= 11 is 0. The summed E-state index contributed by atoms with van der Waals surface area (Å²) in [5.41, 5.74) is 4.43. The molecule has 0 atom stereocenters. The molecule has 0 aliphatic rings. The monoisotopic (exact) mass is 302 g/mol. The van der Waals surface area contributed by atoms with Crippen molar-refractivity contribution < 1.29 is 4.74 Å². The smallest absolute Gasteiger partial charge is 0.317 e. The Labute approximate surface area is 133 Å². The van der Waals surface area contributed by atoms with Gasteiger partial charge in [0.25, 0.3) is 0 Å². The Morgan fingerprint density at radius 2 is 1.65 bits per heavy atom. The Bertz CT molecular complexity index is 920. The van der Waals surface area contributed by atoms with E-state index in [1.807, 2.05) is 60.7 Å². The van der Waals surface area contributed by atoms with E-state index in [4.69, 9.17) is 4.74 Å². The van der Waals surface area contributed by atoms with Gasteiger partial charge in [0.05, 0.1) is 6.20 Å². The Balaban J connectivity index is 1.65. The van der Waals surface area contributed by atoms with Gasteiger partial charge < -0.3 is 4.74 Å². The summed E-state index contributed by atoms with van der Waals surface area (Å²) in [6, 6.07) is 20.2. The molecule has 4 rings (SSSR count). The van der Waals surface area contributed by atoms with Gasteiger partial charge in [0.15, 0.2) is 0 Å². The van der Waals surface area contributed by atoms with Crippen molar-refractivity contribution in [3.05, 3.63) is 72.4 Å². The summed E-state index contributed by atoms with van der Waals surface area (Å²) in [4.78, 5) is 8.72. The molecule has 2 aromatic heterocycles. The number of hydrogen-bond donors (Lipinski definition) is 1. The molecule has 0 saturated carbocycles. The predicted octanol–water partition coefficient (Wildman–Crippen LogP) is 3.60. The van der Waals surface area contributed by atoms with Gasteiger partial charge in [0, 0.05) is 5.56 Å². The number of rotatable bonds is 4. The predicted molar refractivity (Wildman–Crippen MR) is 87.9 cm³/mol. The van der Waals surface area contributed by atoms with Crippen LogP contribution in [0.15, 0.2) is 66.9 Å². The topological polar surface area (TPSA) is 63.7 Å². The largest absolute Gasteiger partial charge is 0.459 e. The van der Waals surface area contributed by atoms with Crippen LogP contribution in [0.2, 0.25) is 0 Å². The maximum atomic E-state index is 5.70. The number of nitrogens with zero attached hydrogens (tertiary/aromatic N) is 3. The molecule has 2 heterocycles. The van der Waals surface area contributed by atoms with Crippen molar-refractivity contribution in [3.63, 3.8) is 0 Å². The van der Waals surface area contributed by atoms with Gasteiger partial charge in [0.2, 0.25) is 0 Å². The van der Waals surface area contributed by atoms with Crippen LogP contribution in [0.25, 0.3) is 22.3 Å². The lowest BCUT2D eigenvalue weighted by Gasteiger charge is -2.04. The van der Waals surface area contributed by atoms with Gasteiger partial charge in [-0.15, -0.1) is 0 Å². The van der Waals surface area contributed by atoms with E-state index < -0.39 is 0 Å². The summed E-state index contributed by atoms with van der Waals surface area (Å²) in [5.74, 6) is 0. The van der Waals surface area contributed by atoms with Crippen molar-refractivity contribution in [2.45, 2.75) is 6.61 Å². The van der Waals surface area contributed by atoms with E-state index in [0.717, 1.165) is 27.9 Å². The number of fused-ring (bicyclic) bond motifs is 1. The van der Waals surface area contributed by atoms with Crippen LogP contribution in [-0.4, -0.2) is 20.2 Å². The molecule has 0 aliphatic heterocycles. The Morgan fingerprint density at radius 3 is 2.43 bits per heavy atom. The Morgan fingerprint density at radius 1 is 0.913 bits per heavy atom. The lowest BCUT2D eigenvalue weighted by Crippen LogP contribution is -1.99. The number of ether oxygens (including phenoxy) is 1. The second-order valence-corrected chi connectivity index (χ2v) is 5.13. The van der Waals surface area contributed by atoms with Crippen molar-refractivity contribution in [2.24, 2.45) is 0 Å². The highest BCUT2D eigenvalue weighted by Gasteiger charge is 2.11.